The van der Waals surface area contributed by atoms with Crippen molar-refractivity contribution in [3.8, 4) is 0 Å². The lowest BCUT2D eigenvalue weighted by Gasteiger charge is -2.36. The van der Waals surface area contributed by atoms with E-state index >= 15 is 0 Å². The molecule has 1 aliphatic rings. The number of nitrogen functional groups attached to an aromatic ring is 1. The molecule has 2 aromatic heterocycles. The molecule has 0 radical (unpaired) electrons. The van der Waals surface area contributed by atoms with Crippen LogP contribution in [0, 0.1) is 5.41 Å². The van der Waals surface area contributed by atoms with Gasteiger partial charge in [0.05, 0.1) is 27.4 Å². The first-order valence-corrected chi connectivity index (χ1v) is 26.5. The van der Waals surface area contributed by atoms with Gasteiger partial charge in [-0.05, 0) is 44.9 Å². The average Bonchev–Trinajstić information content (AvgIpc) is 3.81. The Balaban J connectivity index is 1.32. The van der Waals surface area contributed by atoms with Crippen LogP contribution in [0.15, 0.2) is 61.3 Å². The minimum atomic E-state index is -5.92. The van der Waals surface area contributed by atoms with Gasteiger partial charge in [0.25, 0.3) is 15.6 Å². The van der Waals surface area contributed by atoms with Crippen molar-refractivity contribution in [3.05, 3.63) is 61.3 Å². The fourth-order valence-electron chi connectivity index (χ4n) is 5.97. The number of hydrogen-bond acceptors (Lipinski definition) is 22. The number of carbonyl (C=O) groups excluding carboxylic acids is 3. The summed E-state index contributed by atoms with van der Waals surface area (Å²) in [6.45, 7) is 2.22. The summed E-state index contributed by atoms with van der Waals surface area (Å²) >= 11 is 1.11. The van der Waals surface area contributed by atoms with Crippen LogP contribution in [-0.4, -0.2) is 103 Å². The first-order chi connectivity index (χ1) is 31.6. The van der Waals surface area contributed by atoms with Gasteiger partial charge in [0.1, 0.15) is 36.3 Å². The van der Waals surface area contributed by atoms with Gasteiger partial charge in [-0.25, -0.2) is 19.3 Å². The van der Waals surface area contributed by atoms with Gasteiger partial charge in [0, 0.05) is 37.1 Å². The van der Waals surface area contributed by atoms with Gasteiger partial charge in [0.15, 0.2) is 22.8 Å². The van der Waals surface area contributed by atoms with E-state index in [-0.39, 0.29) is 41.6 Å². The summed E-state index contributed by atoms with van der Waals surface area (Å²) in [4.78, 5) is 96.8. The maximum atomic E-state index is 12.6. The molecule has 0 bridgehead atoms. The number of imidazole rings is 1. The summed E-state index contributed by atoms with van der Waals surface area (Å²) in [6, 6.07) is 0. The second-order valence-corrected chi connectivity index (χ2v) is 20.7. The van der Waals surface area contributed by atoms with Crippen LogP contribution in [0.4, 0.5) is 5.82 Å². The standard InChI is InChI=1S/C39H62N7O17P3S/c1-4-5-6-7-8-9-10-11-12-13-14-15-16-17-18-19-30(48)67-23-22-41-29(47)20-21-42-37(51)34(50)39(2,3)25-60-66(57,58)63-65(55,56)59-24-28-33(62-64(52,53)54)32(49)38(61-28)46-27-45-31-35(40)43-26-44-36(31)46/h5-6,8-9,11-12,14-15,26-28,32-34,38,49-50H,4,7,10,13,16-25H2,1-3H3,(H,41,47)(H,42,51)(H,55,56)(H,57,58)(H2,40,43,44)(H2,52,53,54)/p-4/b6-5-,9-8-,12-11-,15-14-/t28-,32-,33-,34+,38-/m1/s1. The Morgan fingerprint density at radius 2 is 1.57 bits per heavy atom. The number of unbranched alkanes of at least 4 members (excludes halogenated alkanes) is 2. The molecule has 376 valence electrons. The van der Waals surface area contributed by atoms with E-state index in [2.05, 4.69) is 99.0 Å². The summed E-state index contributed by atoms with van der Waals surface area (Å²) in [5.41, 5.74) is 4.08. The van der Waals surface area contributed by atoms with Gasteiger partial charge in [-0.1, -0.05) is 81.1 Å². The number of aliphatic hydroxyl groups is 2. The molecule has 28 heteroatoms. The molecule has 6 N–H and O–H groups in total. The number of aromatic nitrogens is 4. The monoisotopic (exact) mass is 1020 g/mol. The molecule has 0 aromatic carbocycles. The van der Waals surface area contributed by atoms with Crippen LogP contribution in [0.1, 0.15) is 84.8 Å². The van der Waals surface area contributed by atoms with E-state index in [0.717, 1.165) is 73.9 Å². The minimum absolute atomic E-state index is 0.0139. The predicted molar refractivity (Wildman–Crippen MR) is 237 cm³/mol. The Kier molecular flexibility index (Phi) is 24.4. The van der Waals surface area contributed by atoms with Gasteiger partial charge in [-0.3, -0.25) is 28.1 Å². The number of fused-ring (bicyclic) bond motifs is 1. The molecule has 3 rings (SSSR count). The normalized spacial score (nSPS) is 20.6. The maximum absolute atomic E-state index is 12.6. The molecule has 2 unspecified atom stereocenters. The number of phosphoric ester groups is 3. The zero-order chi connectivity index (χ0) is 49.7. The zero-order valence-corrected chi connectivity index (χ0v) is 40.7. The summed E-state index contributed by atoms with van der Waals surface area (Å²) in [7, 11) is -17.6. The third-order valence-corrected chi connectivity index (χ3v) is 13.4. The molecule has 0 spiro atoms. The van der Waals surface area contributed by atoms with Gasteiger partial charge in [0.2, 0.25) is 11.8 Å². The van der Waals surface area contributed by atoms with E-state index in [0.29, 0.717) is 12.2 Å². The predicted octanol–water partition coefficient (Wildman–Crippen LogP) is 1.50. The molecule has 24 nitrogen and oxygen atoms in total. The lowest BCUT2D eigenvalue weighted by Crippen LogP contribution is -2.46. The number of nitrogens with zero attached hydrogens (tertiary/aromatic N) is 4. The number of thioether (sulfide) groups is 1. The maximum Gasteiger partial charge on any atom is 0.274 e. The molecule has 2 aromatic rings. The molecule has 1 aliphatic heterocycles. The number of allylic oxidation sites excluding steroid dienone is 8. The SMILES string of the molecule is CC/C=C\C/C=C\C/C=C\C/C=C\CCCCC(=O)SCCNC(=O)CCNC(=O)[C@H](O)C(C)(C)COP(=O)([O-])OP(=O)([O-])OC[C@H]1O[C@@H](n2cnc3c(N)ncnc32)[C@H](O)[C@@H]1OP(=O)([O-])[O-]. The van der Waals surface area contributed by atoms with Crippen molar-refractivity contribution in [3.63, 3.8) is 0 Å². The smallest absolute Gasteiger partial charge is 0.274 e. The first kappa shape index (κ1) is 57.8. The lowest BCUT2D eigenvalue weighted by molar-refractivity contribution is -0.347. The van der Waals surface area contributed by atoms with E-state index in [1.807, 2.05) is 0 Å². The van der Waals surface area contributed by atoms with Gasteiger partial charge < -0.3 is 69.0 Å². The number of phosphoric acid groups is 3. The van der Waals surface area contributed by atoms with Crippen LogP contribution in [0.25, 0.3) is 11.2 Å². The van der Waals surface area contributed by atoms with Crippen molar-refractivity contribution >= 4 is 69.1 Å². The fourth-order valence-corrected chi connectivity index (χ4v) is 9.43. The number of nitrogens with two attached hydrogens (primary N) is 1. The molecule has 7 atom stereocenters. The van der Waals surface area contributed by atoms with Crippen molar-refractivity contribution in [2.24, 2.45) is 5.41 Å². The molecule has 0 saturated carbocycles. The summed E-state index contributed by atoms with van der Waals surface area (Å²) in [5, 5.41) is 26.4. The average molecular weight is 1020 g/mol. The number of aliphatic hydroxyl groups excluding tert-OH is 2. The van der Waals surface area contributed by atoms with Crippen molar-refractivity contribution in [1.82, 2.24) is 30.2 Å². The number of hydrogen-bond donors (Lipinski definition) is 5. The fraction of sp³-hybridized carbons (Fsp3) is 0.590. The van der Waals surface area contributed by atoms with E-state index in [1.165, 1.54) is 13.8 Å². The van der Waals surface area contributed by atoms with E-state index in [1.54, 1.807) is 0 Å². The Morgan fingerprint density at radius 1 is 0.925 bits per heavy atom. The number of amides is 2. The second kappa shape index (κ2) is 28.3. The highest BCUT2D eigenvalue weighted by Crippen LogP contribution is 2.56. The highest BCUT2D eigenvalue weighted by atomic mass is 32.2. The van der Waals surface area contributed by atoms with E-state index in [4.69, 9.17) is 10.5 Å². The Bertz CT molecular complexity index is 2190. The number of nitrogens with one attached hydrogen (secondary N) is 2. The van der Waals surface area contributed by atoms with Crippen LogP contribution in [-0.2, 0) is 50.7 Å². The highest BCUT2D eigenvalue weighted by molar-refractivity contribution is 8.13. The third kappa shape index (κ3) is 21.4. The summed E-state index contributed by atoms with van der Waals surface area (Å²) < 4.78 is 60.8. The number of carbonyl (C=O) groups is 3. The van der Waals surface area contributed by atoms with Crippen LogP contribution in [0.3, 0.4) is 0 Å². The highest BCUT2D eigenvalue weighted by Gasteiger charge is 2.47. The molecular weight excluding hydrogens is 963 g/mol. The Hall–Kier alpha value is -3.48. The molecule has 67 heavy (non-hydrogen) atoms. The molecule has 1 saturated heterocycles. The summed E-state index contributed by atoms with van der Waals surface area (Å²) in [6.07, 6.45) is 16.1. The number of anilines is 1. The molecule has 0 aliphatic carbocycles. The number of rotatable bonds is 31. The van der Waals surface area contributed by atoms with E-state index in [9.17, 15) is 57.9 Å². The van der Waals surface area contributed by atoms with Gasteiger partial charge in [-0.2, -0.15) is 0 Å². The molecular formula is C39H58N7O17P3S-4. The second-order valence-electron chi connectivity index (χ2n) is 15.5. The van der Waals surface area contributed by atoms with Crippen LogP contribution >= 0.6 is 35.2 Å². The van der Waals surface area contributed by atoms with Crippen molar-refractivity contribution in [2.75, 3.05) is 37.8 Å². The van der Waals surface area contributed by atoms with Crippen LogP contribution in [0.5, 0.6) is 0 Å². The van der Waals surface area contributed by atoms with Gasteiger partial charge >= 0.3 is 0 Å². The Morgan fingerprint density at radius 3 is 2.22 bits per heavy atom. The topological polar surface area (TPSA) is 375 Å². The molecule has 3 heterocycles. The first-order valence-electron chi connectivity index (χ1n) is 21.1. The Labute approximate surface area is 392 Å². The van der Waals surface area contributed by atoms with Crippen LogP contribution in [0.2, 0.25) is 0 Å². The molecule has 1 fully saturated rings. The van der Waals surface area contributed by atoms with Crippen LogP contribution < -0.4 is 35.9 Å². The third-order valence-electron chi connectivity index (χ3n) is 9.46. The van der Waals surface area contributed by atoms with Crippen molar-refractivity contribution < 1.29 is 80.5 Å². The quantitative estimate of drug-likeness (QED) is 0.0406. The summed E-state index contributed by atoms with van der Waals surface area (Å²) in [5.74, 6) is -1.19. The van der Waals surface area contributed by atoms with Gasteiger partial charge in [-0.15, -0.1) is 0 Å². The number of ether oxygens (including phenoxy) is 1. The molecule has 2 amide bonds. The van der Waals surface area contributed by atoms with E-state index < -0.39 is 84.6 Å². The lowest BCUT2D eigenvalue weighted by atomic mass is 9.87. The minimum Gasteiger partial charge on any atom is -0.790 e. The zero-order valence-electron chi connectivity index (χ0n) is 37.2. The largest absolute Gasteiger partial charge is 0.790 e. The van der Waals surface area contributed by atoms with Crippen molar-refractivity contribution in [1.29, 1.82) is 0 Å². The van der Waals surface area contributed by atoms with Crippen molar-refractivity contribution in [2.45, 2.75) is 109 Å².